The number of carbonyl (C=O) groups excluding carboxylic acids is 1. The highest BCUT2D eigenvalue weighted by Crippen LogP contribution is 2.39. The molecule has 4 aromatic rings. The van der Waals surface area contributed by atoms with Crippen LogP contribution >= 0.6 is 11.6 Å². The van der Waals surface area contributed by atoms with Crippen LogP contribution in [0, 0.1) is 11.7 Å². The van der Waals surface area contributed by atoms with Crippen molar-refractivity contribution in [3.63, 3.8) is 0 Å². The lowest BCUT2D eigenvalue weighted by molar-refractivity contribution is 0.0949. The number of furan rings is 1. The lowest BCUT2D eigenvalue weighted by Gasteiger charge is -2.12. The Balaban J connectivity index is 1.81. The van der Waals surface area contributed by atoms with Gasteiger partial charge in [-0.3, -0.25) is 10.1 Å². The first-order chi connectivity index (χ1) is 16.3. The van der Waals surface area contributed by atoms with Gasteiger partial charge >= 0.3 is 0 Å². The summed E-state index contributed by atoms with van der Waals surface area (Å²) >= 11 is 6.35. The molecule has 0 bridgehead atoms. The highest BCUT2D eigenvalue weighted by molar-refractivity contribution is 6.31. The van der Waals surface area contributed by atoms with E-state index in [1.54, 1.807) is 37.4 Å². The van der Waals surface area contributed by atoms with Crippen molar-refractivity contribution in [2.24, 2.45) is 5.92 Å². The maximum Gasteiger partial charge on any atom is 0.251 e. The van der Waals surface area contributed by atoms with Crippen LogP contribution in [0.5, 0.6) is 0 Å². The molecule has 4 rings (SSSR count). The number of benzene rings is 3. The second-order valence-electron chi connectivity index (χ2n) is 8.59. The number of carbonyl (C=O) groups is 1. The Morgan fingerprint density at radius 3 is 2.41 bits per heavy atom. The predicted octanol–water partition coefficient (Wildman–Crippen LogP) is 6.16. The minimum absolute atomic E-state index is 0.188. The zero-order valence-electron chi connectivity index (χ0n) is 19.2. The normalized spacial score (nSPS) is 12.3. The van der Waals surface area contributed by atoms with Gasteiger partial charge in [-0.25, -0.2) is 4.39 Å². The molecule has 0 spiro atoms. The Kier molecular flexibility index (Phi) is 7.03. The molecule has 3 N–H and O–H groups in total. The van der Waals surface area contributed by atoms with E-state index in [1.165, 1.54) is 12.1 Å². The van der Waals surface area contributed by atoms with Crippen LogP contribution < -0.4 is 10.6 Å². The molecule has 1 amide bonds. The predicted molar refractivity (Wildman–Crippen MR) is 133 cm³/mol. The Bertz CT molecular complexity index is 1330. The summed E-state index contributed by atoms with van der Waals surface area (Å²) in [5.41, 5.74) is 3.81. The lowest BCUT2D eigenvalue weighted by Crippen LogP contribution is -2.27. The summed E-state index contributed by atoms with van der Waals surface area (Å²) in [4.78, 5) is 12.6. The Morgan fingerprint density at radius 2 is 1.74 bits per heavy atom. The summed E-state index contributed by atoms with van der Waals surface area (Å²) in [5, 5.41) is 17.6. The van der Waals surface area contributed by atoms with Crippen molar-refractivity contribution in [2.45, 2.75) is 20.1 Å². The van der Waals surface area contributed by atoms with Gasteiger partial charge < -0.3 is 14.8 Å². The summed E-state index contributed by atoms with van der Waals surface area (Å²) in [6.45, 7) is 4.63. The maximum absolute atomic E-state index is 13.5. The van der Waals surface area contributed by atoms with E-state index in [4.69, 9.17) is 16.0 Å². The van der Waals surface area contributed by atoms with Gasteiger partial charge in [-0.2, -0.15) is 0 Å². The van der Waals surface area contributed by atoms with Gasteiger partial charge in [0.05, 0.1) is 0 Å². The van der Waals surface area contributed by atoms with Crippen molar-refractivity contribution in [1.82, 2.24) is 10.6 Å². The molecule has 0 fully saturated rings. The van der Waals surface area contributed by atoms with Gasteiger partial charge in [-0.1, -0.05) is 31.5 Å². The summed E-state index contributed by atoms with van der Waals surface area (Å²) in [7, 11) is 1.64. The van der Waals surface area contributed by atoms with Crippen LogP contribution in [-0.4, -0.2) is 24.6 Å². The molecular formula is C27H26ClFN2O3. The molecule has 0 aliphatic rings. The van der Waals surface area contributed by atoms with Crippen molar-refractivity contribution in [1.29, 1.82) is 0 Å². The Labute approximate surface area is 202 Å². The minimum Gasteiger partial charge on any atom is -0.456 e. The van der Waals surface area contributed by atoms with E-state index in [-0.39, 0.29) is 11.7 Å². The molecule has 176 valence electrons. The molecule has 34 heavy (non-hydrogen) atoms. The second kappa shape index (κ2) is 9.97. The molecule has 1 atom stereocenters. The van der Waals surface area contributed by atoms with E-state index in [0.717, 1.165) is 11.1 Å². The van der Waals surface area contributed by atoms with E-state index in [1.807, 2.05) is 32.0 Å². The molecule has 0 aliphatic carbocycles. The summed E-state index contributed by atoms with van der Waals surface area (Å²) in [6, 6.07) is 16.7. The van der Waals surface area contributed by atoms with Gasteiger partial charge in [0.1, 0.15) is 23.4 Å². The van der Waals surface area contributed by atoms with Gasteiger partial charge in [-0.05, 0) is 78.7 Å². The Hall–Kier alpha value is -3.19. The number of halogens is 2. The molecule has 1 unspecified atom stereocenters. The third-order valence-corrected chi connectivity index (χ3v) is 5.76. The van der Waals surface area contributed by atoms with E-state index in [9.17, 15) is 14.3 Å². The standard InChI is InChI=1S/C27H26ClFN2O3/c1-15(2)14-31-26(32)19-10-18(11-20(28)12-19)17-6-9-23-22(13-17)24(27(33)30-3)25(34-23)16-4-7-21(29)8-5-16/h4-13,15,27,30,33H,14H2,1-3H3,(H,31,32). The van der Waals surface area contributed by atoms with Crippen LogP contribution in [0.1, 0.15) is 36.0 Å². The molecule has 0 saturated heterocycles. The number of fused-ring (bicyclic) bond motifs is 1. The molecular weight excluding hydrogens is 455 g/mol. The zero-order chi connectivity index (χ0) is 24.4. The van der Waals surface area contributed by atoms with Gasteiger partial charge in [0.2, 0.25) is 0 Å². The van der Waals surface area contributed by atoms with E-state index in [2.05, 4.69) is 10.6 Å². The van der Waals surface area contributed by atoms with Crippen LogP contribution in [0.2, 0.25) is 5.02 Å². The van der Waals surface area contributed by atoms with E-state index >= 15 is 0 Å². The lowest BCUT2D eigenvalue weighted by atomic mass is 9.98. The first kappa shape index (κ1) is 24.0. The number of hydrogen-bond donors (Lipinski definition) is 3. The third-order valence-electron chi connectivity index (χ3n) is 5.54. The number of aliphatic hydroxyl groups excluding tert-OH is 1. The number of aliphatic hydroxyl groups is 1. The fraction of sp³-hybridized carbons (Fsp3) is 0.222. The number of hydrogen-bond acceptors (Lipinski definition) is 4. The molecule has 0 radical (unpaired) electrons. The van der Waals surface area contributed by atoms with E-state index in [0.29, 0.717) is 50.9 Å². The van der Waals surface area contributed by atoms with Crippen LogP contribution in [0.15, 0.2) is 65.1 Å². The van der Waals surface area contributed by atoms with Crippen molar-refractivity contribution < 1.29 is 18.7 Å². The molecule has 5 nitrogen and oxygen atoms in total. The fourth-order valence-electron chi connectivity index (χ4n) is 3.81. The Morgan fingerprint density at radius 1 is 1.03 bits per heavy atom. The SMILES string of the molecule is CNC(O)c1c(-c2ccc(F)cc2)oc2ccc(-c3cc(Cl)cc(C(=O)NCC(C)C)c3)cc12. The minimum atomic E-state index is -1.01. The number of nitrogens with one attached hydrogen (secondary N) is 2. The van der Waals surface area contributed by atoms with Crippen LogP contribution in [0.3, 0.4) is 0 Å². The fourth-order valence-corrected chi connectivity index (χ4v) is 4.05. The number of rotatable bonds is 7. The maximum atomic E-state index is 13.5. The zero-order valence-corrected chi connectivity index (χ0v) is 19.9. The summed E-state index contributed by atoms with van der Waals surface area (Å²) in [6.07, 6.45) is -1.01. The van der Waals surface area contributed by atoms with Gasteiger partial charge in [-0.15, -0.1) is 0 Å². The molecule has 3 aromatic carbocycles. The van der Waals surface area contributed by atoms with E-state index < -0.39 is 6.23 Å². The van der Waals surface area contributed by atoms with Crippen molar-refractivity contribution in [3.05, 3.63) is 82.6 Å². The monoisotopic (exact) mass is 480 g/mol. The second-order valence-corrected chi connectivity index (χ2v) is 9.02. The van der Waals surface area contributed by atoms with Gasteiger partial charge in [0.15, 0.2) is 0 Å². The average molecular weight is 481 g/mol. The first-order valence-corrected chi connectivity index (χ1v) is 11.4. The largest absolute Gasteiger partial charge is 0.456 e. The highest BCUT2D eigenvalue weighted by atomic mass is 35.5. The first-order valence-electron chi connectivity index (χ1n) is 11.0. The quantitative estimate of drug-likeness (QED) is 0.277. The summed E-state index contributed by atoms with van der Waals surface area (Å²) < 4.78 is 19.5. The van der Waals surface area contributed by atoms with Crippen LogP contribution in [0.25, 0.3) is 33.4 Å². The number of amides is 1. The topological polar surface area (TPSA) is 74.5 Å². The van der Waals surface area contributed by atoms with Crippen LogP contribution in [-0.2, 0) is 0 Å². The van der Waals surface area contributed by atoms with Gasteiger partial charge in [0.25, 0.3) is 5.91 Å². The average Bonchev–Trinajstić information content (AvgIpc) is 3.20. The van der Waals surface area contributed by atoms with Crippen molar-refractivity contribution >= 4 is 28.5 Å². The van der Waals surface area contributed by atoms with Crippen molar-refractivity contribution in [2.75, 3.05) is 13.6 Å². The van der Waals surface area contributed by atoms with Crippen molar-refractivity contribution in [3.8, 4) is 22.5 Å². The van der Waals surface area contributed by atoms with Crippen LogP contribution in [0.4, 0.5) is 4.39 Å². The third kappa shape index (κ3) is 4.99. The molecule has 1 aromatic heterocycles. The smallest absolute Gasteiger partial charge is 0.251 e. The highest BCUT2D eigenvalue weighted by Gasteiger charge is 2.22. The molecule has 0 saturated carbocycles. The summed E-state index contributed by atoms with van der Waals surface area (Å²) in [5.74, 6) is 0.242. The molecule has 1 heterocycles. The molecule has 0 aliphatic heterocycles. The molecule has 7 heteroatoms. The van der Waals surface area contributed by atoms with Gasteiger partial charge in [0, 0.05) is 33.6 Å².